The van der Waals surface area contributed by atoms with Crippen molar-refractivity contribution in [3.05, 3.63) is 59.5 Å². The second kappa shape index (κ2) is 8.65. The number of benzene rings is 1. The zero-order valence-corrected chi connectivity index (χ0v) is 17.9. The average Bonchev–Trinajstić information content (AvgIpc) is 3.60. The predicted molar refractivity (Wildman–Crippen MR) is 122 cm³/mol. The number of fused-ring (bicyclic) bond motifs is 1. The summed E-state index contributed by atoms with van der Waals surface area (Å²) in [5, 5.41) is 7.48. The van der Waals surface area contributed by atoms with Crippen molar-refractivity contribution in [2.75, 3.05) is 31.4 Å². The molecule has 32 heavy (non-hydrogen) atoms. The van der Waals surface area contributed by atoms with Gasteiger partial charge in [-0.3, -0.25) is 14.6 Å². The first-order chi connectivity index (χ1) is 15.5. The van der Waals surface area contributed by atoms with Crippen molar-refractivity contribution < 1.29 is 14.3 Å². The second-order valence-electron chi connectivity index (χ2n) is 7.64. The van der Waals surface area contributed by atoms with E-state index in [9.17, 15) is 9.59 Å². The highest BCUT2D eigenvalue weighted by Gasteiger charge is 2.51. The first-order valence-corrected chi connectivity index (χ1v) is 10.1. The van der Waals surface area contributed by atoms with E-state index in [1.54, 1.807) is 31.6 Å². The fourth-order valence-electron chi connectivity index (χ4n) is 3.55. The van der Waals surface area contributed by atoms with Crippen molar-refractivity contribution in [3.8, 4) is 11.8 Å². The smallest absolute Gasteiger partial charge is 0.250 e. The van der Waals surface area contributed by atoms with Crippen molar-refractivity contribution in [1.82, 2.24) is 9.97 Å². The number of carbonyl (C=O) groups excluding carboxylic acids is 2. The number of aromatic nitrogens is 2. The van der Waals surface area contributed by atoms with Crippen LogP contribution in [0.1, 0.15) is 29.7 Å². The van der Waals surface area contributed by atoms with Crippen molar-refractivity contribution >= 4 is 34.1 Å². The molecule has 1 saturated carbocycles. The zero-order valence-electron chi connectivity index (χ0n) is 17.9. The molecule has 0 unspecified atom stereocenters. The minimum absolute atomic E-state index is 0.00186. The number of primary amides is 1. The Hall–Kier alpha value is -3.96. The van der Waals surface area contributed by atoms with Gasteiger partial charge in [0, 0.05) is 48.6 Å². The molecule has 4 rings (SSSR count). The first kappa shape index (κ1) is 21.3. The van der Waals surface area contributed by atoms with E-state index in [1.807, 2.05) is 18.2 Å². The number of carbonyl (C=O) groups is 2. The number of anilines is 2. The van der Waals surface area contributed by atoms with E-state index in [1.165, 1.54) is 7.11 Å². The Balaban J connectivity index is 1.67. The van der Waals surface area contributed by atoms with Crippen molar-refractivity contribution in [2.24, 2.45) is 5.73 Å². The summed E-state index contributed by atoms with van der Waals surface area (Å²) in [6.45, 7) is -0.00186. The summed E-state index contributed by atoms with van der Waals surface area (Å²) in [5.74, 6) is 6.42. The van der Waals surface area contributed by atoms with E-state index in [4.69, 9.17) is 10.5 Å². The number of amides is 2. The van der Waals surface area contributed by atoms with Crippen molar-refractivity contribution in [1.29, 1.82) is 0 Å². The number of methoxy groups -OCH3 is 1. The lowest BCUT2D eigenvalue weighted by Gasteiger charge is -2.13. The minimum atomic E-state index is -0.676. The number of pyridine rings is 2. The van der Waals surface area contributed by atoms with Crippen molar-refractivity contribution in [2.45, 2.75) is 18.3 Å². The Morgan fingerprint density at radius 3 is 2.50 bits per heavy atom. The Morgan fingerprint density at radius 1 is 1.12 bits per heavy atom. The van der Waals surface area contributed by atoms with Crippen LogP contribution in [-0.4, -0.2) is 42.5 Å². The molecule has 1 aliphatic carbocycles. The van der Waals surface area contributed by atoms with Crippen LogP contribution in [0.2, 0.25) is 0 Å². The molecule has 1 fully saturated rings. The molecule has 1 aromatic carbocycles. The molecule has 1 aliphatic rings. The van der Waals surface area contributed by atoms with Gasteiger partial charge in [-0.1, -0.05) is 11.8 Å². The van der Waals surface area contributed by atoms with Gasteiger partial charge in [-0.15, -0.1) is 0 Å². The number of hydrogen-bond acceptors (Lipinski definition) is 6. The second-order valence-corrected chi connectivity index (χ2v) is 7.64. The maximum absolute atomic E-state index is 12.0. The third-order valence-electron chi connectivity index (χ3n) is 5.51. The Labute approximate surface area is 185 Å². The van der Waals surface area contributed by atoms with Gasteiger partial charge in [-0.05, 0) is 43.2 Å². The summed E-state index contributed by atoms with van der Waals surface area (Å²) >= 11 is 0. The molecule has 162 valence electrons. The largest absolute Gasteiger partial charge is 0.375 e. The van der Waals surface area contributed by atoms with Crippen LogP contribution in [0.25, 0.3) is 10.8 Å². The number of rotatable bonds is 6. The summed E-state index contributed by atoms with van der Waals surface area (Å²) in [6, 6.07) is 9.11. The van der Waals surface area contributed by atoms with Crippen LogP contribution < -0.4 is 16.4 Å². The van der Waals surface area contributed by atoms with Crippen LogP contribution in [0.4, 0.5) is 11.5 Å². The normalized spacial score (nSPS) is 13.7. The molecule has 0 saturated heterocycles. The van der Waals surface area contributed by atoms with Gasteiger partial charge in [0.1, 0.15) is 12.4 Å². The minimum Gasteiger partial charge on any atom is -0.375 e. The molecule has 8 nitrogen and oxygen atoms in total. The monoisotopic (exact) mass is 429 g/mol. The Kier molecular flexibility index (Phi) is 5.75. The van der Waals surface area contributed by atoms with E-state index in [-0.39, 0.29) is 18.4 Å². The number of hydrogen-bond donors (Lipinski definition) is 3. The predicted octanol–water partition coefficient (Wildman–Crippen LogP) is 2.17. The lowest BCUT2D eigenvalue weighted by molar-refractivity contribution is -0.120. The molecule has 0 atom stereocenters. The lowest BCUT2D eigenvalue weighted by Crippen LogP contribution is -2.29. The number of ether oxygens (including phenoxy) is 1. The van der Waals surface area contributed by atoms with Crippen LogP contribution >= 0.6 is 0 Å². The van der Waals surface area contributed by atoms with Gasteiger partial charge in [0.2, 0.25) is 11.8 Å². The molecule has 2 heterocycles. The molecular formula is C24H23N5O3. The summed E-state index contributed by atoms with van der Waals surface area (Å²) in [6.07, 6.45) is 4.83. The highest BCUT2D eigenvalue weighted by molar-refractivity contribution is 5.97. The SMILES string of the molecule is CNc1ncc(C#Cc2ccc(NC(=O)COC)cc2)c2cc(C3(C(N)=O)CC3)ncc12. The molecule has 2 amide bonds. The molecule has 0 aliphatic heterocycles. The van der Waals surface area contributed by atoms with E-state index in [2.05, 4.69) is 32.4 Å². The van der Waals surface area contributed by atoms with Gasteiger partial charge >= 0.3 is 0 Å². The fourth-order valence-corrected chi connectivity index (χ4v) is 3.55. The van der Waals surface area contributed by atoms with Gasteiger partial charge in [-0.2, -0.15) is 0 Å². The Bertz CT molecular complexity index is 1250. The average molecular weight is 429 g/mol. The standard InChI is InChI=1S/C24H23N5O3/c1-26-22-19-13-27-20(24(9-10-24)23(25)31)11-18(19)16(12-28-22)6-3-15-4-7-17(8-5-15)29-21(30)14-32-2/h4-5,7-8,11-13H,9-10,14H2,1-2H3,(H2,25,31)(H,26,28)(H,29,30). The van der Waals surface area contributed by atoms with E-state index in [0.29, 0.717) is 30.0 Å². The summed E-state index contributed by atoms with van der Waals surface area (Å²) in [7, 11) is 3.26. The van der Waals surface area contributed by atoms with Gasteiger partial charge in [0.25, 0.3) is 0 Å². The molecule has 8 heteroatoms. The highest BCUT2D eigenvalue weighted by Crippen LogP contribution is 2.47. The summed E-state index contributed by atoms with van der Waals surface area (Å²) in [4.78, 5) is 32.5. The summed E-state index contributed by atoms with van der Waals surface area (Å²) < 4.78 is 4.81. The van der Waals surface area contributed by atoms with Crippen LogP contribution in [0.5, 0.6) is 0 Å². The topological polar surface area (TPSA) is 119 Å². The Morgan fingerprint density at radius 2 is 1.88 bits per heavy atom. The molecule has 0 spiro atoms. The van der Waals surface area contributed by atoms with Gasteiger partial charge in [-0.25, -0.2) is 4.98 Å². The van der Waals surface area contributed by atoms with Gasteiger partial charge in [0.05, 0.1) is 16.7 Å². The van der Waals surface area contributed by atoms with Crippen LogP contribution in [0.3, 0.4) is 0 Å². The lowest BCUT2D eigenvalue weighted by atomic mass is 9.98. The first-order valence-electron chi connectivity index (χ1n) is 10.1. The van der Waals surface area contributed by atoms with E-state index < -0.39 is 5.41 Å². The maximum Gasteiger partial charge on any atom is 0.250 e. The number of nitrogens with two attached hydrogens (primary N) is 1. The quantitative estimate of drug-likeness (QED) is 0.517. The number of nitrogens with zero attached hydrogens (tertiary/aromatic N) is 2. The molecule has 2 aromatic heterocycles. The molecular weight excluding hydrogens is 406 g/mol. The molecule has 0 bridgehead atoms. The third kappa shape index (κ3) is 4.11. The highest BCUT2D eigenvalue weighted by atomic mass is 16.5. The molecule has 3 aromatic rings. The van der Waals surface area contributed by atoms with E-state index >= 15 is 0 Å². The van der Waals surface area contributed by atoms with Gasteiger partial charge in [0.15, 0.2) is 0 Å². The third-order valence-corrected chi connectivity index (χ3v) is 5.51. The summed E-state index contributed by atoms with van der Waals surface area (Å²) in [5.41, 5.74) is 7.80. The molecule has 0 radical (unpaired) electrons. The van der Waals surface area contributed by atoms with Crippen LogP contribution in [0, 0.1) is 11.8 Å². The maximum atomic E-state index is 12.0. The van der Waals surface area contributed by atoms with Gasteiger partial charge < -0.3 is 21.1 Å². The van der Waals surface area contributed by atoms with Crippen molar-refractivity contribution in [3.63, 3.8) is 0 Å². The zero-order chi connectivity index (χ0) is 22.7. The number of nitrogens with one attached hydrogen (secondary N) is 2. The van der Waals surface area contributed by atoms with E-state index in [0.717, 1.165) is 21.9 Å². The van der Waals surface area contributed by atoms with Crippen LogP contribution in [0.15, 0.2) is 42.7 Å². The molecule has 4 N–H and O–H groups in total. The fraction of sp³-hybridized carbons (Fsp3) is 0.250. The van der Waals surface area contributed by atoms with Crippen LogP contribution in [-0.2, 0) is 19.7 Å².